The van der Waals surface area contributed by atoms with Crippen LogP contribution in [0.25, 0.3) is 0 Å². The minimum Gasteiger partial charge on any atom is -0.431 e. The third-order valence-corrected chi connectivity index (χ3v) is 2.75. The van der Waals surface area contributed by atoms with E-state index in [0.717, 1.165) is 6.04 Å². The number of allylic oxidation sites excluding steroid dienone is 1. The first kappa shape index (κ1) is 11.9. The molecule has 0 aromatic heterocycles. The van der Waals surface area contributed by atoms with E-state index in [1.165, 1.54) is 13.8 Å². The van der Waals surface area contributed by atoms with Crippen LogP contribution in [0.15, 0.2) is 12.7 Å². The Labute approximate surface area is 79.7 Å². The van der Waals surface area contributed by atoms with E-state index in [1.807, 2.05) is 0 Å². The van der Waals surface area contributed by atoms with Crippen molar-refractivity contribution in [1.82, 2.24) is 0 Å². The number of ether oxygens (including phenoxy) is 2. The number of esters is 2. The van der Waals surface area contributed by atoms with Gasteiger partial charge in [0.25, 0.3) is 0 Å². The van der Waals surface area contributed by atoms with Crippen LogP contribution in [-0.4, -0.2) is 27.4 Å². The van der Waals surface area contributed by atoms with Gasteiger partial charge in [-0.05, 0) is 6.04 Å². The molecule has 0 rings (SSSR count). The van der Waals surface area contributed by atoms with E-state index >= 15 is 0 Å². The van der Waals surface area contributed by atoms with Gasteiger partial charge in [-0.3, -0.25) is 9.59 Å². The molecule has 0 unspecified atom stereocenters. The van der Waals surface area contributed by atoms with Crippen molar-refractivity contribution in [3.8, 4) is 0 Å². The molecule has 0 heterocycles. The number of carbonyl (C=O) groups excluding carboxylic acids is 2. The van der Waals surface area contributed by atoms with Crippen molar-refractivity contribution in [3.05, 3.63) is 12.7 Å². The topological polar surface area (TPSA) is 52.6 Å². The predicted octanol–water partition coefficient (Wildman–Crippen LogP) is 0.169. The number of hydrogen-bond acceptors (Lipinski definition) is 4. The zero-order valence-electron chi connectivity index (χ0n) is 7.91. The van der Waals surface area contributed by atoms with Crippen LogP contribution in [0.4, 0.5) is 0 Å². The van der Waals surface area contributed by atoms with Gasteiger partial charge in [0.05, 0.1) is 0 Å². The van der Waals surface area contributed by atoms with Crippen molar-refractivity contribution >= 4 is 21.5 Å². The molecule has 0 aliphatic rings. The molecule has 0 atom stereocenters. The monoisotopic (exact) mass is 202 g/mol. The fourth-order valence-corrected chi connectivity index (χ4v) is 1.98. The molecule has 0 aromatic carbocycles. The van der Waals surface area contributed by atoms with Gasteiger partial charge < -0.3 is 9.47 Å². The molecule has 74 valence electrons. The van der Waals surface area contributed by atoms with E-state index in [4.69, 9.17) is 9.47 Å². The van der Waals surface area contributed by atoms with E-state index < -0.39 is 27.4 Å². The van der Waals surface area contributed by atoms with Crippen LogP contribution >= 0.6 is 0 Å². The van der Waals surface area contributed by atoms with E-state index in [9.17, 15) is 9.59 Å². The van der Waals surface area contributed by atoms with Gasteiger partial charge in [-0.25, -0.2) is 0 Å². The lowest BCUT2D eigenvalue weighted by Crippen LogP contribution is -2.28. The summed E-state index contributed by atoms with van der Waals surface area (Å²) in [5.41, 5.74) is 0. The lowest BCUT2D eigenvalue weighted by Gasteiger charge is -2.15. The average Bonchev–Trinajstić information content (AvgIpc) is 1.98. The summed E-state index contributed by atoms with van der Waals surface area (Å²) >= 11 is 0. The summed E-state index contributed by atoms with van der Waals surface area (Å²) in [6.07, 6.45) is 1.73. The molecule has 0 amide bonds. The third-order valence-electron chi connectivity index (χ3n) is 1.20. The molecule has 0 saturated heterocycles. The Morgan fingerprint density at radius 3 is 2.15 bits per heavy atom. The Hall–Kier alpha value is -1.10. The summed E-state index contributed by atoms with van der Waals surface area (Å²) in [5, 5.41) is 0. The Bertz CT molecular complexity index is 186. The summed E-state index contributed by atoms with van der Waals surface area (Å²) in [4.78, 5) is 21.2. The van der Waals surface area contributed by atoms with E-state index in [2.05, 4.69) is 6.58 Å². The average molecular weight is 202 g/mol. The maximum atomic E-state index is 10.6. The van der Waals surface area contributed by atoms with Crippen LogP contribution in [0.5, 0.6) is 0 Å². The molecule has 0 radical (unpaired) electrons. The third kappa shape index (κ3) is 7.26. The van der Waals surface area contributed by atoms with Gasteiger partial charge in [0.15, 0.2) is 0 Å². The van der Waals surface area contributed by atoms with Gasteiger partial charge in [-0.2, -0.15) is 0 Å². The standard InChI is InChI=1S/C8H14O4Si/c1-4-5-13-8(11-6(2)9)12-7(3)10/h4,8H,1,5,13H2,2-3H3. The number of rotatable bonds is 5. The summed E-state index contributed by atoms with van der Waals surface area (Å²) in [7, 11) is -0.764. The number of carbonyl (C=O) groups is 2. The van der Waals surface area contributed by atoms with Crippen LogP contribution in [-0.2, 0) is 19.1 Å². The molecule has 0 saturated carbocycles. The predicted molar refractivity (Wildman–Crippen MR) is 50.9 cm³/mol. The summed E-state index contributed by atoms with van der Waals surface area (Å²) in [6.45, 7) is 6.13. The molecule has 0 spiro atoms. The molecule has 0 bridgehead atoms. The highest BCUT2D eigenvalue weighted by Crippen LogP contribution is 1.97. The summed E-state index contributed by atoms with van der Waals surface area (Å²) < 4.78 is 9.59. The van der Waals surface area contributed by atoms with E-state index in [-0.39, 0.29) is 0 Å². The molecule has 0 aliphatic carbocycles. The highest BCUT2D eigenvalue weighted by Gasteiger charge is 2.13. The molecule has 4 nitrogen and oxygen atoms in total. The van der Waals surface area contributed by atoms with Gasteiger partial charge in [-0.15, -0.1) is 6.58 Å². The van der Waals surface area contributed by atoms with Gasteiger partial charge in [0.1, 0.15) is 9.52 Å². The molecule has 5 heteroatoms. The maximum Gasteiger partial charge on any atom is 0.305 e. The molecule has 0 aromatic rings. The Balaban J connectivity index is 3.93. The minimum atomic E-state index is -0.764. The van der Waals surface area contributed by atoms with Gasteiger partial charge >= 0.3 is 11.9 Å². The van der Waals surface area contributed by atoms with Crippen LogP contribution in [0.2, 0.25) is 6.04 Å². The largest absolute Gasteiger partial charge is 0.431 e. The van der Waals surface area contributed by atoms with Crippen molar-refractivity contribution < 1.29 is 19.1 Å². The smallest absolute Gasteiger partial charge is 0.305 e. The number of hydrogen-bond donors (Lipinski definition) is 0. The Morgan fingerprint density at radius 2 is 1.85 bits per heavy atom. The molecule has 0 fully saturated rings. The quantitative estimate of drug-likeness (QED) is 0.276. The normalized spacial score (nSPS) is 10.4. The van der Waals surface area contributed by atoms with Gasteiger partial charge in [0, 0.05) is 13.8 Å². The van der Waals surface area contributed by atoms with Crippen molar-refractivity contribution in [2.45, 2.75) is 25.8 Å². The van der Waals surface area contributed by atoms with E-state index in [1.54, 1.807) is 6.08 Å². The fraction of sp³-hybridized carbons (Fsp3) is 0.500. The highest BCUT2D eigenvalue weighted by atomic mass is 28.2. The van der Waals surface area contributed by atoms with Crippen LogP contribution in [0, 0.1) is 0 Å². The SMILES string of the molecule is C=CC[SiH2]C(OC(C)=O)OC(C)=O. The van der Waals surface area contributed by atoms with Crippen LogP contribution < -0.4 is 0 Å². The van der Waals surface area contributed by atoms with Crippen molar-refractivity contribution in [2.75, 3.05) is 0 Å². The second kappa shape index (κ2) is 6.42. The second-order valence-electron chi connectivity index (χ2n) is 2.51. The Morgan fingerprint density at radius 1 is 1.38 bits per heavy atom. The zero-order valence-corrected chi connectivity index (χ0v) is 9.32. The van der Waals surface area contributed by atoms with Crippen LogP contribution in [0.3, 0.4) is 0 Å². The van der Waals surface area contributed by atoms with E-state index in [0.29, 0.717) is 0 Å². The van der Waals surface area contributed by atoms with Gasteiger partial charge in [-0.1, -0.05) is 6.08 Å². The fourth-order valence-electron chi connectivity index (χ4n) is 0.766. The minimum absolute atomic E-state index is 0.428. The lowest BCUT2D eigenvalue weighted by atomic mass is 10.8. The molecule has 0 N–H and O–H groups in total. The Kier molecular flexibility index (Phi) is 5.87. The molecular weight excluding hydrogens is 188 g/mol. The highest BCUT2D eigenvalue weighted by molar-refractivity contribution is 6.37. The van der Waals surface area contributed by atoms with Gasteiger partial charge in [0.2, 0.25) is 5.91 Å². The summed E-state index contributed by atoms with van der Waals surface area (Å²) in [5.74, 6) is -1.50. The zero-order chi connectivity index (χ0) is 10.3. The molecular formula is C8H14O4Si. The second-order valence-corrected chi connectivity index (χ2v) is 4.34. The lowest BCUT2D eigenvalue weighted by molar-refractivity contribution is -0.171. The molecule has 0 aliphatic heterocycles. The maximum absolute atomic E-state index is 10.6. The first-order chi connectivity index (χ1) is 6.06. The summed E-state index contributed by atoms with van der Waals surface area (Å²) in [6, 6.07) is 0.769. The van der Waals surface area contributed by atoms with Crippen molar-refractivity contribution in [2.24, 2.45) is 0 Å². The van der Waals surface area contributed by atoms with Crippen molar-refractivity contribution in [1.29, 1.82) is 0 Å². The van der Waals surface area contributed by atoms with Crippen LogP contribution in [0.1, 0.15) is 13.8 Å². The molecule has 13 heavy (non-hydrogen) atoms. The first-order valence-electron chi connectivity index (χ1n) is 4.01. The van der Waals surface area contributed by atoms with Crippen molar-refractivity contribution in [3.63, 3.8) is 0 Å². The first-order valence-corrected chi connectivity index (χ1v) is 5.83.